The third kappa shape index (κ3) is 6.06. The third-order valence-corrected chi connectivity index (χ3v) is 7.03. The van der Waals surface area contributed by atoms with Crippen LogP contribution in [0, 0.1) is 18.7 Å². The molecule has 2 aliphatic heterocycles. The number of aryl methyl sites for hydroxylation is 1. The summed E-state index contributed by atoms with van der Waals surface area (Å²) in [5, 5.41) is 14.6. The lowest BCUT2D eigenvalue weighted by molar-refractivity contribution is -0.142. The number of aliphatic carboxylic acids is 1. The Morgan fingerprint density at radius 3 is 2.65 bits per heavy atom. The lowest BCUT2D eigenvalue weighted by Crippen LogP contribution is -2.43. The first-order valence-electron chi connectivity index (χ1n) is 12.3. The second-order valence-electron chi connectivity index (χ2n) is 10.8. The van der Waals surface area contributed by atoms with Crippen LogP contribution in [0.2, 0.25) is 5.02 Å². The molecule has 2 amide bonds. The first-order chi connectivity index (χ1) is 17.3. The molecule has 0 aliphatic carbocycles. The lowest BCUT2D eigenvalue weighted by Gasteiger charge is -2.29. The molecule has 2 atom stereocenters. The summed E-state index contributed by atoms with van der Waals surface area (Å²) in [5.74, 6) is -1.94. The van der Waals surface area contributed by atoms with Gasteiger partial charge in [0, 0.05) is 30.1 Å². The number of likely N-dealkylation sites (tertiary alicyclic amines) is 1. The minimum atomic E-state index is -1.11. The van der Waals surface area contributed by atoms with Gasteiger partial charge in [-0.2, -0.15) is 5.10 Å². The fourth-order valence-electron chi connectivity index (χ4n) is 5.03. The predicted octanol–water partition coefficient (Wildman–Crippen LogP) is 4.02. The SMILES string of the molecule is Cc1nn(Cc2ccc(Cl)cc2F)c2c1CCN(C(=O)CC1C[C@@H](C(=O)O)N(C(=O)OC(C)(C)C)C1)C2. The molecular weight excluding hydrogens is 503 g/mol. The fraction of sp³-hybridized carbons (Fsp3) is 0.538. The molecule has 0 spiro atoms. The van der Waals surface area contributed by atoms with Crippen molar-refractivity contribution < 1.29 is 28.6 Å². The normalized spacial score (nSPS) is 19.6. The molecule has 1 aromatic heterocycles. The van der Waals surface area contributed by atoms with Gasteiger partial charge < -0.3 is 14.7 Å². The molecule has 2 aliphatic rings. The third-order valence-electron chi connectivity index (χ3n) is 6.79. The highest BCUT2D eigenvalue weighted by Crippen LogP contribution is 2.30. The van der Waals surface area contributed by atoms with Crippen molar-refractivity contribution in [3.05, 3.63) is 51.6 Å². The monoisotopic (exact) mass is 534 g/mol. The van der Waals surface area contributed by atoms with Crippen molar-refractivity contribution in [2.45, 2.75) is 71.7 Å². The summed E-state index contributed by atoms with van der Waals surface area (Å²) in [5.41, 5.74) is 2.46. The van der Waals surface area contributed by atoms with Crippen LogP contribution in [0.3, 0.4) is 0 Å². The molecule has 0 saturated carbocycles. The summed E-state index contributed by atoms with van der Waals surface area (Å²) >= 11 is 5.88. The number of amides is 2. The van der Waals surface area contributed by atoms with Crippen molar-refractivity contribution in [2.24, 2.45) is 5.92 Å². The minimum Gasteiger partial charge on any atom is -0.480 e. The van der Waals surface area contributed by atoms with E-state index in [1.54, 1.807) is 42.5 Å². The molecule has 1 unspecified atom stereocenters. The maximum Gasteiger partial charge on any atom is 0.411 e. The quantitative estimate of drug-likeness (QED) is 0.621. The average molecular weight is 535 g/mol. The van der Waals surface area contributed by atoms with E-state index in [-0.39, 0.29) is 37.8 Å². The van der Waals surface area contributed by atoms with Gasteiger partial charge in [-0.05, 0) is 64.2 Å². The Morgan fingerprint density at radius 1 is 1.27 bits per heavy atom. The Labute approximate surface area is 220 Å². The van der Waals surface area contributed by atoms with E-state index < -0.39 is 29.5 Å². The predicted molar refractivity (Wildman–Crippen MR) is 134 cm³/mol. The molecule has 200 valence electrons. The highest BCUT2D eigenvalue weighted by atomic mass is 35.5. The van der Waals surface area contributed by atoms with Gasteiger partial charge in [-0.1, -0.05) is 17.7 Å². The Morgan fingerprint density at radius 2 is 2.00 bits per heavy atom. The van der Waals surface area contributed by atoms with E-state index in [0.717, 1.165) is 17.0 Å². The molecule has 9 nitrogen and oxygen atoms in total. The first kappa shape index (κ1) is 26.9. The number of hydrogen-bond donors (Lipinski definition) is 1. The first-order valence-corrected chi connectivity index (χ1v) is 12.7. The van der Waals surface area contributed by atoms with Crippen molar-refractivity contribution >= 4 is 29.6 Å². The van der Waals surface area contributed by atoms with E-state index in [0.29, 0.717) is 30.1 Å². The zero-order chi connectivity index (χ0) is 27.1. The summed E-state index contributed by atoms with van der Waals surface area (Å²) in [6.07, 6.45) is 0.248. The molecular formula is C26H32ClFN4O5. The molecule has 0 radical (unpaired) electrons. The maximum absolute atomic E-state index is 14.4. The molecule has 0 bridgehead atoms. The number of halogens is 2. The average Bonchev–Trinajstić information content (AvgIpc) is 3.36. The number of hydrogen-bond acceptors (Lipinski definition) is 5. The van der Waals surface area contributed by atoms with E-state index in [2.05, 4.69) is 5.10 Å². The summed E-state index contributed by atoms with van der Waals surface area (Å²) in [6.45, 7) is 8.26. The van der Waals surface area contributed by atoms with Gasteiger partial charge in [0.25, 0.3) is 0 Å². The number of carbonyl (C=O) groups excluding carboxylic acids is 2. The largest absolute Gasteiger partial charge is 0.480 e. The smallest absolute Gasteiger partial charge is 0.411 e. The molecule has 37 heavy (non-hydrogen) atoms. The molecule has 3 heterocycles. The van der Waals surface area contributed by atoms with Crippen LogP contribution in [0.1, 0.15) is 56.1 Å². The Hall–Kier alpha value is -3.14. The fourth-order valence-corrected chi connectivity index (χ4v) is 5.19. The zero-order valence-electron chi connectivity index (χ0n) is 21.5. The van der Waals surface area contributed by atoms with Gasteiger partial charge in [0.15, 0.2) is 0 Å². The zero-order valence-corrected chi connectivity index (χ0v) is 22.2. The van der Waals surface area contributed by atoms with E-state index >= 15 is 0 Å². The molecule has 1 fully saturated rings. The number of carboxylic acid groups (broad SMARTS) is 1. The van der Waals surface area contributed by atoms with Gasteiger partial charge in [-0.15, -0.1) is 0 Å². The molecule has 1 saturated heterocycles. The van der Waals surface area contributed by atoms with Gasteiger partial charge >= 0.3 is 12.1 Å². The topological polar surface area (TPSA) is 105 Å². The Kier molecular flexibility index (Phi) is 7.50. The standard InChI is InChI=1S/C26H32ClFN4O5/c1-15-19-7-8-30(14-22(19)32(29-15)13-17-5-6-18(27)11-20(17)28)23(33)10-16-9-21(24(34)35)31(12-16)25(36)37-26(2,3)4/h5-6,11,16,21H,7-10,12-14H2,1-4H3,(H,34,35)/t16?,21-/m0/s1. The minimum absolute atomic E-state index is 0.117. The number of carbonyl (C=O) groups is 3. The van der Waals surface area contributed by atoms with Crippen LogP contribution in [0.4, 0.5) is 9.18 Å². The number of ether oxygens (including phenoxy) is 1. The number of rotatable bonds is 5. The van der Waals surface area contributed by atoms with Crippen LogP contribution in [-0.4, -0.2) is 67.4 Å². The van der Waals surface area contributed by atoms with E-state index in [1.165, 1.54) is 11.0 Å². The molecule has 4 rings (SSSR count). The Balaban J connectivity index is 1.44. The van der Waals surface area contributed by atoms with Crippen LogP contribution in [-0.2, 0) is 33.8 Å². The van der Waals surface area contributed by atoms with E-state index in [1.807, 2.05) is 6.92 Å². The molecule has 2 aromatic rings. The summed E-state index contributed by atoms with van der Waals surface area (Å²) < 4.78 is 21.5. The summed E-state index contributed by atoms with van der Waals surface area (Å²) in [6, 6.07) is 3.49. The van der Waals surface area contributed by atoms with E-state index in [9.17, 15) is 23.9 Å². The van der Waals surface area contributed by atoms with Crippen LogP contribution in [0.25, 0.3) is 0 Å². The lowest BCUT2D eigenvalue weighted by atomic mass is 9.99. The van der Waals surface area contributed by atoms with Crippen LogP contribution < -0.4 is 0 Å². The summed E-state index contributed by atoms with van der Waals surface area (Å²) in [7, 11) is 0. The number of fused-ring (bicyclic) bond motifs is 1. The van der Waals surface area contributed by atoms with Gasteiger partial charge in [-0.25, -0.2) is 14.0 Å². The van der Waals surface area contributed by atoms with Crippen LogP contribution >= 0.6 is 11.6 Å². The highest BCUT2D eigenvalue weighted by Gasteiger charge is 2.42. The van der Waals surface area contributed by atoms with Crippen molar-refractivity contribution in [1.29, 1.82) is 0 Å². The highest BCUT2D eigenvalue weighted by molar-refractivity contribution is 6.30. The van der Waals surface area contributed by atoms with Gasteiger partial charge in [0.1, 0.15) is 17.5 Å². The van der Waals surface area contributed by atoms with Crippen molar-refractivity contribution in [3.63, 3.8) is 0 Å². The van der Waals surface area contributed by atoms with Crippen molar-refractivity contribution in [3.8, 4) is 0 Å². The Bertz CT molecular complexity index is 1220. The van der Waals surface area contributed by atoms with Gasteiger partial charge in [-0.3, -0.25) is 14.4 Å². The second kappa shape index (κ2) is 10.3. The van der Waals surface area contributed by atoms with Crippen molar-refractivity contribution in [2.75, 3.05) is 13.1 Å². The van der Waals surface area contributed by atoms with Gasteiger partial charge in [0.05, 0.1) is 24.5 Å². The molecule has 1 aromatic carbocycles. The molecule has 11 heteroatoms. The van der Waals surface area contributed by atoms with Gasteiger partial charge in [0.2, 0.25) is 5.91 Å². The molecule has 1 N–H and O–H groups in total. The van der Waals surface area contributed by atoms with Crippen LogP contribution in [0.15, 0.2) is 18.2 Å². The number of carboxylic acids is 1. The number of nitrogens with zero attached hydrogens (tertiary/aromatic N) is 4. The second-order valence-corrected chi connectivity index (χ2v) is 11.2. The van der Waals surface area contributed by atoms with Crippen molar-refractivity contribution in [1.82, 2.24) is 19.6 Å². The van der Waals surface area contributed by atoms with E-state index in [4.69, 9.17) is 16.3 Å². The summed E-state index contributed by atoms with van der Waals surface area (Å²) in [4.78, 5) is 40.6. The van der Waals surface area contributed by atoms with Crippen LogP contribution in [0.5, 0.6) is 0 Å². The maximum atomic E-state index is 14.4. The number of aromatic nitrogens is 2. The number of benzene rings is 1.